The van der Waals surface area contributed by atoms with Crippen molar-refractivity contribution >= 4 is 74.3 Å². The first kappa shape index (κ1) is 20.6. The lowest BCUT2D eigenvalue weighted by Crippen LogP contribution is -2.54. The van der Waals surface area contributed by atoms with Gasteiger partial charge in [-0.05, 0) is 65.5 Å². The largest absolute Gasteiger partial charge is 0.455 e. The smallest absolute Gasteiger partial charge is 0.270 e. The van der Waals surface area contributed by atoms with Gasteiger partial charge in [-0.25, -0.2) is 0 Å². The zero-order valence-electron chi connectivity index (χ0n) is 17.5. The number of amides is 2. The predicted octanol–water partition coefficient (Wildman–Crippen LogP) is 6.18. The molecule has 1 aliphatic carbocycles. The lowest BCUT2D eigenvalue weighted by Gasteiger charge is -2.29. The Balaban J connectivity index is 1.57. The quantitative estimate of drug-likeness (QED) is 0.185. The lowest BCUT2D eigenvalue weighted by molar-refractivity contribution is -0.122. The molecule has 6 rings (SSSR count). The highest BCUT2D eigenvalue weighted by molar-refractivity contribution is 7.80. The molecule has 0 bridgehead atoms. The van der Waals surface area contributed by atoms with Gasteiger partial charge in [-0.2, -0.15) is 0 Å². The van der Waals surface area contributed by atoms with E-state index in [-0.39, 0.29) is 10.7 Å². The van der Waals surface area contributed by atoms with E-state index in [4.69, 9.17) is 28.2 Å². The monoisotopic (exact) mass is 482 g/mol. The van der Waals surface area contributed by atoms with Gasteiger partial charge in [-0.15, -0.1) is 0 Å². The van der Waals surface area contributed by atoms with Crippen molar-refractivity contribution in [3.05, 3.63) is 95.0 Å². The van der Waals surface area contributed by atoms with E-state index < -0.39 is 11.8 Å². The van der Waals surface area contributed by atoms with Gasteiger partial charge in [0.1, 0.15) is 16.9 Å². The average Bonchev–Trinajstić information content (AvgIpc) is 3.14. The van der Waals surface area contributed by atoms with Gasteiger partial charge in [0.15, 0.2) is 5.11 Å². The average molecular weight is 483 g/mol. The van der Waals surface area contributed by atoms with E-state index in [2.05, 4.69) is 11.4 Å². The van der Waals surface area contributed by atoms with E-state index in [9.17, 15) is 9.59 Å². The molecule has 0 radical (unpaired) electrons. The van der Waals surface area contributed by atoms with Crippen molar-refractivity contribution < 1.29 is 14.0 Å². The van der Waals surface area contributed by atoms with Crippen LogP contribution in [0.2, 0.25) is 5.02 Å². The van der Waals surface area contributed by atoms with Crippen LogP contribution >= 0.6 is 23.8 Å². The third-order valence-corrected chi connectivity index (χ3v) is 6.44. The molecular weight excluding hydrogens is 468 g/mol. The molecule has 0 aromatic heterocycles. The molecule has 3 aromatic rings. The summed E-state index contributed by atoms with van der Waals surface area (Å²) in [5.74, 6) is -0.464. The van der Waals surface area contributed by atoms with E-state index in [1.54, 1.807) is 30.3 Å². The molecule has 1 fully saturated rings. The molecule has 3 aromatic carbocycles. The number of nitrogens with zero attached hydrogens (tertiary/aromatic N) is 1. The Bertz CT molecular complexity index is 1650. The number of carbonyl (C=O) groups is 2. The predicted molar refractivity (Wildman–Crippen MR) is 138 cm³/mol. The first-order chi connectivity index (χ1) is 16.5. The summed E-state index contributed by atoms with van der Waals surface area (Å²) in [4.78, 5) is 27.7. The molecule has 7 heteroatoms. The van der Waals surface area contributed by atoms with Crippen molar-refractivity contribution in [3.63, 3.8) is 0 Å². The van der Waals surface area contributed by atoms with Crippen LogP contribution in [0.5, 0.6) is 0 Å². The van der Waals surface area contributed by atoms with Crippen LogP contribution in [0.1, 0.15) is 5.56 Å². The summed E-state index contributed by atoms with van der Waals surface area (Å²) in [7, 11) is 0. The van der Waals surface area contributed by atoms with Crippen molar-refractivity contribution in [2.45, 2.75) is 0 Å². The van der Waals surface area contributed by atoms with Gasteiger partial charge >= 0.3 is 0 Å². The topological polar surface area (TPSA) is 62.6 Å². The van der Waals surface area contributed by atoms with Gasteiger partial charge in [0.25, 0.3) is 11.8 Å². The molecule has 2 amide bonds. The fraction of sp³-hybridized carbons (Fsp3) is 0. The Morgan fingerprint density at radius 3 is 2.41 bits per heavy atom. The third-order valence-electron chi connectivity index (χ3n) is 5.90. The van der Waals surface area contributed by atoms with E-state index in [1.165, 1.54) is 4.90 Å². The second-order valence-electron chi connectivity index (χ2n) is 7.92. The van der Waals surface area contributed by atoms with E-state index in [1.807, 2.05) is 48.5 Å². The maximum absolute atomic E-state index is 13.5. The number of nitrogens with one attached hydrogen (secondary N) is 1. The second-order valence-corrected chi connectivity index (χ2v) is 8.74. The third kappa shape index (κ3) is 3.19. The Hall–Kier alpha value is -4.00. The molecule has 2 aliphatic heterocycles. The van der Waals surface area contributed by atoms with E-state index in [0.717, 1.165) is 21.7 Å². The number of fused-ring (bicyclic) bond motifs is 4. The summed E-state index contributed by atoms with van der Waals surface area (Å²) in [5, 5.41) is 6.01. The highest BCUT2D eigenvalue weighted by Gasteiger charge is 2.35. The summed E-state index contributed by atoms with van der Waals surface area (Å²) >= 11 is 11.3. The highest BCUT2D eigenvalue weighted by atomic mass is 35.5. The molecule has 0 atom stereocenters. The minimum atomic E-state index is -0.556. The van der Waals surface area contributed by atoms with Crippen LogP contribution in [0, 0.1) is 0 Å². The maximum Gasteiger partial charge on any atom is 0.270 e. The summed E-state index contributed by atoms with van der Waals surface area (Å²) < 4.78 is 6.28. The SMILES string of the molecule is O=C1NC(=S)N(c2ccc(Cl)cc2)C(=O)/C1=C/c1c2oc3ccccc3cc-2c2ccccc12. The highest BCUT2D eigenvalue weighted by Crippen LogP contribution is 2.42. The molecule has 0 saturated carbocycles. The van der Waals surface area contributed by atoms with Crippen molar-refractivity contribution in [1.29, 1.82) is 0 Å². The Morgan fingerprint density at radius 2 is 1.62 bits per heavy atom. The molecule has 5 nitrogen and oxygen atoms in total. The first-order valence-electron chi connectivity index (χ1n) is 10.5. The summed E-state index contributed by atoms with van der Waals surface area (Å²) in [6.07, 6.45) is 1.59. The van der Waals surface area contributed by atoms with Gasteiger partial charge in [-0.3, -0.25) is 19.8 Å². The van der Waals surface area contributed by atoms with Crippen molar-refractivity contribution in [1.82, 2.24) is 5.32 Å². The van der Waals surface area contributed by atoms with Crippen LogP contribution in [0.3, 0.4) is 0 Å². The maximum atomic E-state index is 13.5. The first-order valence-corrected chi connectivity index (χ1v) is 11.3. The van der Waals surface area contributed by atoms with Crippen LogP contribution in [-0.4, -0.2) is 16.9 Å². The van der Waals surface area contributed by atoms with Gasteiger partial charge in [-0.1, -0.05) is 54.1 Å². The standard InChI is InChI=1S/C27H15ClN2O3S/c28-16-9-11-17(12-10-16)30-26(32)22(25(31)29-27(30)34)14-21-19-7-3-2-6-18(19)20-13-15-5-1-4-8-23(15)33-24(20)21/h1-14H,(H,29,31,34)/b22-14+. The molecule has 3 aliphatic rings. The number of para-hydroxylation sites is 1. The van der Waals surface area contributed by atoms with Crippen LogP contribution in [-0.2, 0) is 9.59 Å². The van der Waals surface area contributed by atoms with Gasteiger partial charge < -0.3 is 4.42 Å². The number of hydrogen-bond donors (Lipinski definition) is 1. The number of thiocarbonyl (C=S) groups is 1. The summed E-state index contributed by atoms with van der Waals surface area (Å²) in [5.41, 5.74) is 2.77. The van der Waals surface area contributed by atoms with E-state index in [0.29, 0.717) is 27.6 Å². The van der Waals surface area contributed by atoms with Crippen molar-refractivity contribution in [2.24, 2.45) is 0 Å². The van der Waals surface area contributed by atoms with E-state index >= 15 is 0 Å². The van der Waals surface area contributed by atoms with Crippen molar-refractivity contribution in [3.8, 4) is 11.3 Å². The zero-order valence-corrected chi connectivity index (χ0v) is 19.1. The lowest BCUT2D eigenvalue weighted by atomic mass is 10.1. The van der Waals surface area contributed by atoms with Gasteiger partial charge in [0, 0.05) is 21.5 Å². The van der Waals surface area contributed by atoms with Crippen LogP contribution in [0.25, 0.3) is 39.1 Å². The van der Waals surface area contributed by atoms with Crippen molar-refractivity contribution in [2.75, 3.05) is 4.90 Å². The fourth-order valence-electron chi connectivity index (χ4n) is 4.32. The number of hydrogen-bond acceptors (Lipinski definition) is 4. The minimum absolute atomic E-state index is 0.0161. The molecule has 2 heterocycles. The van der Waals surface area contributed by atoms with Gasteiger partial charge in [0.2, 0.25) is 0 Å². The Kier molecular flexibility index (Phi) is 4.72. The number of anilines is 1. The molecular formula is C27H15ClN2O3S. The number of benzene rings is 3. The molecule has 164 valence electrons. The van der Waals surface area contributed by atoms with Crippen LogP contribution < -0.4 is 10.2 Å². The number of carbonyl (C=O) groups excluding carboxylic acids is 2. The summed E-state index contributed by atoms with van der Waals surface area (Å²) in [6, 6.07) is 24.3. The Morgan fingerprint density at radius 1 is 0.912 bits per heavy atom. The number of rotatable bonds is 2. The minimum Gasteiger partial charge on any atom is -0.455 e. The Labute approximate surface area is 204 Å². The molecule has 1 saturated heterocycles. The second kappa shape index (κ2) is 7.80. The molecule has 34 heavy (non-hydrogen) atoms. The fourth-order valence-corrected chi connectivity index (χ4v) is 4.73. The zero-order chi connectivity index (χ0) is 23.4. The van der Waals surface area contributed by atoms with Gasteiger partial charge in [0.05, 0.1) is 5.69 Å². The molecule has 1 N–H and O–H groups in total. The number of halogens is 1. The van der Waals surface area contributed by atoms with Crippen LogP contribution in [0.4, 0.5) is 5.69 Å². The van der Waals surface area contributed by atoms with Crippen LogP contribution in [0.15, 0.2) is 88.9 Å². The molecule has 0 spiro atoms. The summed E-state index contributed by atoms with van der Waals surface area (Å²) in [6.45, 7) is 0. The molecule has 0 unspecified atom stereocenters. The normalized spacial score (nSPS) is 15.6.